The van der Waals surface area contributed by atoms with Crippen molar-refractivity contribution in [1.29, 1.82) is 0 Å². The maximum atomic E-state index is 12.1. The summed E-state index contributed by atoms with van der Waals surface area (Å²) in [6, 6.07) is 7.76. The van der Waals surface area contributed by atoms with E-state index in [0.29, 0.717) is 0 Å². The molecule has 1 aromatic heterocycles. The Bertz CT molecular complexity index is 665. The highest BCUT2D eigenvalue weighted by molar-refractivity contribution is 7.16. The van der Waals surface area contributed by atoms with E-state index < -0.39 is 0 Å². The summed E-state index contributed by atoms with van der Waals surface area (Å²) in [4.78, 5) is 12.1. The van der Waals surface area contributed by atoms with E-state index in [0.717, 1.165) is 19.8 Å². The minimum absolute atomic E-state index is 0.139. The second kappa shape index (κ2) is 6.36. The third-order valence-corrected chi connectivity index (χ3v) is 3.66. The third kappa shape index (κ3) is 2.64. The first-order chi connectivity index (χ1) is 8.27. The highest BCUT2D eigenvalue weighted by Crippen LogP contribution is 2.09. The molecule has 2 heteroatoms. The van der Waals surface area contributed by atoms with Crippen LogP contribution in [0.15, 0.2) is 29.1 Å². The molecule has 0 saturated carbocycles. The molecule has 1 nitrogen and oxygen atoms in total. The van der Waals surface area contributed by atoms with Crippen LogP contribution in [0.2, 0.25) is 0 Å². The fourth-order valence-corrected chi connectivity index (χ4v) is 2.75. The summed E-state index contributed by atoms with van der Waals surface area (Å²) < 4.78 is 2.11. The molecular formula is C15H18OS. The molecule has 0 aliphatic heterocycles. The zero-order valence-electron chi connectivity index (χ0n) is 10.8. The van der Waals surface area contributed by atoms with Gasteiger partial charge in [0.05, 0.1) is 0 Å². The summed E-state index contributed by atoms with van der Waals surface area (Å²) in [5.74, 6) is 0. The van der Waals surface area contributed by atoms with E-state index in [9.17, 15) is 4.79 Å². The molecule has 0 bridgehead atoms. The van der Waals surface area contributed by atoms with Crippen LogP contribution in [0.1, 0.15) is 27.7 Å². The molecule has 0 unspecified atom stereocenters. The molecule has 1 aromatic carbocycles. The fourth-order valence-electron chi connectivity index (χ4n) is 1.66. The summed E-state index contributed by atoms with van der Waals surface area (Å²) in [6.07, 6.45) is 3.88. The SMILES string of the molecule is C/C=c1/c(=O)c2ccccc2s/c1=C/C.CC. The van der Waals surface area contributed by atoms with Crippen molar-refractivity contribution < 1.29 is 0 Å². The molecule has 17 heavy (non-hydrogen) atoms. The van der Waals surface area contributed by atoms with Gasteiger partial charge in [-0.25, -0.2) is 0 Å². The molecule has 0 radical (unpaired) electrons. The number of hydrogen-bond donors (Lipinski definition) is 0. The monoisotopic (exact) mass is 246 g/mol. The second-order valence-electron chi connectivity index (χ2n) is 3.28. The predicted octanol–water partition coefficient (Wildman–Crippen LogP) is 2.89. The van der Waals surface area contributed by atoms with Crippen molar-refractivity contribution in [1.82, 2.24) is 0 Å². The number of rotatable bonds is 0. The zero-order chi connectivity index (χ0) is 12.8. The van der Waals surface area contributed by atoms with Crippen molar-refractivity contribution in [3.63, 3.8) is 0 Å². The molecule has 0 atom stereocenters. The van der Waals surface area contributed by atoms with Crippen LogP contribution in [0.5, 0.6) is 0 Å². The van der Waals surface area contributed by atoms with Crippen LogP contribution in [-0.4, -0.2) is 0 Å². The first-order valence-electron chi connectivity index (χ1n) is 5.92. The van der Waals surface area contributed by atoms with Gasteiger partial charge in [0, 0.05) is 19.8 Å². The Morgan fingerprint density at radius 3 is 2.29 bits per heavy atom. The van der Waals surface area contributed by atoms with E-state index in [-0.39, 0.29) is 5.43 Å². The first kappa shape index (κ1) is 13.7. The number of hydrogen-bond acceptors (Lipinski definition) is 2. The van der Waals surface area contributed by atoms with Gasteiger partial charge in [0.15, 0.2) is 5.43 Å². The van der Waals surface area contributed by atoms with Gasteiger partial charge in [0.1, 0.15) is 0 Å². The lowest BCUT2D eigenvalue weighted by molar-refractivity contribution is 1.50. The lowest BCUT2D eigenvalue weighted by Gasteiger charge is -1.95. The summed E-state index contributed by atoms with van der Waals surface area (Å²) in [6.45, 7) is 7.87. The van der Waals surface area contributed by atoms with Crippen LogP contribution in [0.3, 0.4) is 0 Å². The summed E-state index contributed by atoms with van der Waals surface area (Å²) in [5, 5.41) is 1.64. The smallest absolute Gasteiger partial charge is 0.195 e. The quantitative estimate of drug-likeness (QED) is 0.698. The number of benzene rings is 1. The summed E-state index contributed by atoms with van der Waals surface area (Å²) >= 11 is 1.67. The number of fused-ring (bicyclic) bond motifs is 1. The topological polar surface area (TPSA) is 17.1 Å². The Kier molecular flexibility index (Phi) is 5.11. The molecule has 90 valence electrons. The van der Waals surface area contributed by atoms with Crippen LogP contribution in [0.4, 0.5) is 0 Å². The maximum Gasteiger partial charge on any atom is 0.195 e. The molecule has 2 aromatic rings. The van der Waals surface area contributed by atoms with Gasteiger partial charge in [0.2, 0.25) is 0 Å². The minimum atomic E-state index is 0.139. The minimum Gasteiger partial charge on any atom is -0.289 e. The van der Waals surface area contributed by atoms with Crippen LogP contribution >= 0.6 is 11.3 Å². The Hall–Kier alpha value is -1.41. The first-order valence-corrected chi connectivity index (χ1v) is 6.74. The van der Waals surface area contributed by atoms with Crippen molar-refractivity contribution in [3.8, 4) is 0 Å². The highest BCUT2D eigenvalue weighted by Gasteiger charge is 2.00. The van der Waals surface area contributed by atoms with Crippen LogP contribution in [-0.2, 0) is 0 Å². The standard InChI is InChI=1S/C13H12OS.C2H6/c1-3-9-11(4-2)15-12-8-6-5-7-10(12)13(9)14;1-2/h3-8H,1-2H3;1-2H3/b9-3+,11-4+;. The molecule has 1 heterocycles. The molecule has 0 aliphatic carbocycles. The van der Waals surface area contributed by atoms with Gasteiger partial charge < -0.3 is 0 Å². The van der Waals surface area contributed by atoms with Gasteiger partial charge in [-0.2, -0.15) is 0 Å². The van der Waals surface area contributed by atoms with Gasteiger partial charge >= 0.3 is 0 Å². The largest absolute Gasteiger partial charge is 0.289 e. The highest BCUT2D eigenvalue weighted by atomic mass is 32.1. The molecule has 0 aliphatic rings. The molecule has 2 rings (SSSR count). The normalized spacial score (nSPS) is 12.5. The van der Waals surface area contributed by atoms with Gasteiger partial charge in [-0.05, 0) is 26.0 Å². The molecular weight excluding hydrogens is 228 g/mol. The molecule has 0 spiro atoms. The maximum absolute atomic E-state index is 12.1. The van der Waals surface area contributed by atoms with Crippen molar-refractivity contribution in [2.24, 2.45) is 0 Å². The van der Waals surface area contributed by atoms with E-state index in [2.05, 4.69) is 0 Å². The van der Waals surface area contributed by atoms with Gasteiger partial charge in [0.25, 0.3) is 0 Å². The van der Waals surface area contributed by atoms with E-state index in [4.69, 9.17) is 0 Å². The average molecular weight is 246 g/mol. The Morgan fingerprint density at radius 2 is 1.71 bits per heavy atom. The third-order valence-electron chi connectivity index (χ3n) is 2.41. The Labute approximate surface area is 106 Å². The second-order valence-corrected chi connectivity index (χ2v) is 4.37. The Balaban J connectivity index is 0.000000686. The molecule has 0 fully saturated rings. The fraction of sp³-hybridized carbons (Fsp3) is 0.267. The summed E-state index contributed by atoms with van der Waals surface area (Å²) in [7, 11) is 0. The van der Waals surface area contributed by atoms with Crippen molar-refractivity contribution >= 4 is 33.6 Å². The predicted molar refractivity (Wildman–Crippen MR) is 79.0 cm³/mol. The van der Waals surface area contributed by atoms with Gasteiger partial charge in [-0.1, -0.05) is 38.1 Å². The Morgan fingerprint density at radius 1 is 1.06 bits per heavy atom. The van der Waals surface area contributed by atoms with Crippen molar-refractivity contribution in [2.75, 3.05) is 0 Å². The van der Waals surface area contributed by atoms with E-state index in [1.165, 1.54) is 0 Å². The zero-order valence-corrected chi connectivity index (χ0v) is 11.6. The average Bonchev–Trinajstić information content (AvgIpc) is 2.41. The van der Waals surface area contributed by atoms with Gasteiger partial charge in [-0.3, -0.25) is 4.79 Å². The van der Waals surface area contributed by atoms with E-state index in [1.807, 2.05) is 64.1 Å². The van der Waals surface area contributed by atoms with Crippen molar-refractivity contribution in [3.05, 3.63) is 44.2 Å². The van der Waals surface area contributed by atoms with Crippen LogP contribution in [0, 0.1) is 0 Å². The molecule has 0 amide bonds. The van der Waals surface area contributed by atoms with E-state index in [1.54, 1.807) is 11.3 Å². The van der Waals surface area contributed by atoms with Crippen molar-refractivity contribution in [2.45, 2.75) is 27.7 Å². The van der Waals surface area contributed by atoms with Crippen LogP contribution in [0.25, 0.3) is 22.2 Å². The van der Waals surface area contributed by atoms with Crippen LogP contribution < -0.4 is 15.2 Å². The molecule has 0 saturated heterocycles. The molecule has 0 N–H and O–H groups in total. The lowest BCUT2D eigenvalue weighted by Crippen LogP contribution is -2.36. The van der Waals surface area contributed by atoms with Gasteiger partial charge in [-0.15, -0.1) is 11.3 Å². The van der Waals surface area contributed by atoms with E-state index >= 15 is 0 Å². The lowest BCUT2D eigenvalue weighted by atomic mass is 10.2. The summed E-state index contributed by atoms with van der Waals surface area (Å²) in [5.41, 5.74) is 0.139.